The van der Waals surface area contributed by atoms with Crippen molar-refractivity contribution in [1.82, 2.24) is 0 Å². The summed E-state index contributed by atoms with van der Waals surface area (Å²) in [6.45, 7) is 6.37. The van der Waals surface area contributed by atoms with Crippen LogP contribution in [0.1, 0.15) is 201 Å². The lowest BCUT2D eigenvalue weighted by Crippen LogP contribution is -2.30. The van der Waals surface area contributed by atoms with Gasteiger partial charge < -0.3 is 14.2 Å². The summed E-state index contributed by atoms with van der Waals surface area (Å²) in [7, 11) is 0. The number of ether oxygens (including phenoxy) is 3. The first-order valence-corrected chi connectivity index (χ1v) is 22.4. The highest BCUT2D eigenvalue weighted by molar-refractivity contribution is 5.71. The lowest BCUT2D eigenvalue weighted by Gasteiger charge is -2.18. The fraction of sp³-hybridized carbons (Fsp3) is 0.694. The smallest absolute Gasteiger partial charge is 0.306 e. The van der Waals surface area contributed by atoms with Gasteiger partial charge in [0, 0.05) is 19.3 Å². The zero-order valence-electron chi connectivity index (χ0n) is 35.7. The Bertz CT molecular complexity index is 1070. The Morgan fingerprint density at radius 3 is 1.22 bits per heavy atom. The van der Waals surface area contributed by atoms with Gasteiger partial charge in [-0.25, -0.2) is 0 Å². The predicted molar refractivity (Wildman–Crippen MR) is 233 cm³/mol. The van der Waals surface area contributed by atoms with Crippen LogP contribution in [0.3, 0.4) is 0 Å². The van der Waals surface area contributed by atoms with Crippen LogP contribution in [0, 0.1) is 0 Å². The van der Waals surface area contributed by atoms with Gasteiger partial charge >= 0.3 is 17.9 Å². The summed E-state index contributed by atoms with van der Waals surface area (Å²) in [6.07, 6.45) is 53.1. The second kappa shape index (κ2) is 43.6. The number of hydrogen-bond acceptors (Lipinski definition) is 6. The summed E-state index contributed by atoms with van der Waals surface area (Å²) < 4.78 is 16.6. The van der Waals surface area contributed by atoms with Crippen molar-refractivity contribution in [3.05, 3.63) is 72.9 Å². The number of esters is 3. The molecule has 0 bridgehead atoms. The molecule has 0 radical (unpaired) electrons. The number of allylic oxidation sites excluding steroid dienone is 12. The molecule has 0 saturated carbocycles. The third-order valence-corrected chi connectivity index (χ3v) is 9.18. The van der Waals surface area contributed by atoms with Gasteiger partial charge in [0.1, 0.15) is 13.2 Å². The summed E-state index contributed by atoms with van der Waals surface area (Å²) >= 11 is 0. The minimum absolute atomic E-state index is 0.0942. The number of rotatable bonds is 39. The van der Waals surface area contributed by atoms with Gasteiger partial charge in [0.25, 0.3) is 0 Å². The molecule has 314 valence electrons. The Morgan fingerprint density at radius 2 is 0.745 bits per heavy atom. The molecule has 0 N–H and O–H groups in total. The maximum Gasteiger partial charge on any atom is 0.306 e. The molecule has 0 amide bonds. The molecule has 0 aliphatic heterocycles. The van der Waals surface area contributed by atoms with Gasteiger partial charge in [-0.3, -0.25) is 14.4 Å². The summed E-state index contributed by atoms with van der Waals surface area (Å²) in [5.74, 6) is -0.961. The first-order chi connectivity index (χ1) is 27.0. The van der Waals surface area contributed by atoms with E-state index in [-0.39, 0.29) is 31.1 Å². The molecule has 0 aliphatic carbocycles. The van der Waals surface area contributed by atoms with E-state index >= 15 is 0 Å². The zero-order chi connectivity index (χ0) is 40.1. The Kier molecular flexibility index (Phi) is 41.1. The average Bonchev–Trinajstić information content (AvgIpc) is 3.18. The summed E-state index contributed by atoms with van der Waals surface area (Å²) in [5, 5.41) is 0. The fourth-order valence-electron chi connectivity index (χ4n) is 5.82. The van der Waals surface area contributed by atoms with E-state index in [9.17, 15) is 14.4 Å². The van der Waals surface area contributed by atoms with Crippen LogP contribution in [0.15, 0.2) is 72.9 Å². The minimum atomic E-state index is -0.795. The van der Waals surface area contributed by atoms with Crippen LogP contribution >= 0.6 is 0 Å². The van der Waals surface area contributed by atoms with Crippen molar-refractivity contribution in [3.8, 4) is 0 Å². The highest BCUT2D eigenvalue weighted by Crippen LogP contribution is 2.13. The molecule has 0 heterocycles. The highest BCUT2D eigenvalue weighted by atomic mass is 16.6. The molecule has 6 nitrogen and oxygen atoms in total. The summed E-state index contributed by atoms with van der Waals surface area (Å²) in [5.41, 5.74) is 0. The summed E-state index contributed by atoms with van der Waals surface area (Å²) in [6, 6.07) is 0. The normalized spacial score (nSPS) is 12.7. The zero-order valence-corrected chi connectivity index (χ0v) is 35.7. The van der Waals surface area contributed by atoms with Crippen LogP contribution in [0.2, 0.25) is 0 Å². The number of carbonyl (C=O) groups is 3. The van der Waals surface area contributed by atoms with Crippen LogP contribution in [-0.4, -0.2) is 37.2 Å². The molecule has 6 heteroatoms. The molecule has 0 aromatic heterocycles. The van der Waals surface area contributed by atoms with Gasteiger partial charge in [-0.15, -0.1) is 0 Å². The maximum atomic E-state index is 12.7. The standard InChI is InChI=1S/C49H82O6/c1-4-7-10-13-16-19-21-23-24-26-27-30-33-36-39-42-48(51)54-45-46(44-53-47(50)41-38-35-32-29-18-15-12-9-6-3)55-49(52)43-40-37-34-31-28-25-22-20-17-14-11-8-5-2/h7,10-11,14,16,19-20,22-24,27,30,46H,4-6,8-9,12-13,15,17-18,21,25-26,28-29,31-45H2,1-3H3/b10-7-,14-11-,19-16-,22-20-,24-23-,30-27-. The van der Waals surface area contributed by atoms with Gasteiger partial charge in [0.2, 0.25) is 0 Å². The van der Waals surface area contributed by atoms with E-state index in [0.29, 0.717) is 19.3 Å². The van der Waals surface area contributed by atoms with E-state index in [2.05, 4.69) is 93.7 Å². The second-order valence-electron chi connectivity index (χ2n) is 14.6. The maximum absolute atomic E-state index is 12.7. The molecule has 0 fully saturated rings. The van der Waals surface area contributed by atoms with Crippen molar-refractivity contribution in [3.63, 3.8) is 0 Å². The largest absolute Gasteiger partial charge is 0.462 e. The second-order valence-corrected chi connectivity index (χ2v) is 14.6. The van der Waals surface area contributed by atoms with E-state index in [0.717, 1.165) is 116 Å². The molecule has 0 saturated heterocycles. The molecule has 0 spiro atoms. The van der Waals surface area contributed by atoms with Crippen LogP contribution in [-0.2, 0) is 28.6 Å². The number of hydrogen-bond donors (Lipinski definition) is 0. The van der Waals surface area contributed by atoms with Gasteiger partial charge in [-0.1, -0.05) is 171 Å². The van der Waals surface area contributed by atoms with E-state index < -0.39 is 6.10 Å². The molecule has 0 rings (SSSR count). The van der Waals surface area contributed by atoms with Crippen molar-refractivity contribution in [2.24, 2.45) is 0 Å². The summed E-state index contributed by atoms with van der Waals surface area (Å²) in [4.78, 5) is 37.7. The molecule has 1 unspecified atom stereocenters. The lowest BCUT2D eigenvalue weighted by molar-refractivity contribution is -0.167. The Hall–Kier alpha value is -3.15. The van der Waals surface area contributed by atoms with Gasteiger partial charge in [0.05, 0.1) is 0 Å². The van der Waals surface area contributed by atoms with Gasteiger partial charge in [-0.05, 0) is 83.5 Å². The van der Waals surface area contributed by atoms with E-state index in [1.54, 1.807) is 0 Å². The van der Waals surface area contributed by atoms with Crippen molar-refractivity contribution >= 4 is 17.9 Å². The Balaban J connectivity index is 4.46. The van der Waals surface area contributed by atoms with Crippen LogP contribution in [0.25, 0.3) is 0 Å². The molecular formula is C49H82O6. The van der Waals surface area contributed by atoms with Crippen molar-refractivity contribution in [2.75, 3.05) is 13.2 Å². The molecule has 1 atom stereocenters. The topological polar surface area (TPSA) is 78.9 Å². The first-order valence-electron chi connectivity index (χ1n) is 22.4. The molecule has 0 aromatic rings. The first kappa shape index (κ1) is 51.9. The highest BCUT2D eigenvalue weighted by Gasteiger charge is 2.19. The molecular weight excluding hydrogens is 685 g/mol. The number of unbranched alkanes of at least 4 members (excludes halogenated alkanes) is 16. The fourth-order valence-corrected chi connectivity index (χ4v) is 5.82. The Morgan fingerprint density at radius 1 is 0.382 bits per heavy atom. The van der Waals surface area contributed by atoms with E-state index in [4.69, 9.17) is 14.2 Å². The minimum Gasteiger partial charge on any atom is -0.462 e. The SMILES string of the molecule is CC/C=C\C/C=C\C/C=C\C/C=C\CCCCC(=O)OCC(COC(=O)CCCCCCCCCCC)OC(=O)CCCCCCC/C=C\C/C=C\CCC. The van der Waals surface area contributed by atoms with Crippen molar-refractivity contribution in [2.45, 2.75) is 207 Å². The van der Waals surface area contributed by atoms with Crippen LogP contribution in [0.4, 0.5) is 0 Å². The van der Waals surface area contributed by atoms with Gasteiger partial charge in [0.15, 0.2) is 6.10 Å². The third kappa shape index (κ3) is 41.8. The van der Waals surface area contributed by atoms with Gasteiger partial charge in [-0.2, -0.15) is 0 Å². The van der Waals surface area contributed by atoms with E-state index in [1.165, 1.54) is 44.9 Å². The monoisotopic (exact) mass is 767 g/mol. The van der Waals surface area contributed by atoms with E-state index in [1.807, 2.05) is 0 Å². The van der Waals surface area contributed by atoms with Crippen molar-refractivity contribution in [1.29, 1.82) is 0 Å². The third-order valence-electron chi connectivity index (χ3n) is 9.18. The Labute approximate surface area is 338 Å². The molecule has 55 heavy (non-hydrogen) atoms. The molecule has 0 aliphatic rings. The predicted octanol–water partition coefficient (Wildman–Crippen LogP) is 14.3. The lowest BCUT2D eigenvalue weighted by atomic mass is 10.1. The van der Waals surface area contributed by atoms with Crippen molar-refractivity contribution < 1.29 is 28.6 Å². The number of carbonyl (C=O) groups excluding carboxylic acids is 3. The van der Waals surface area contributed by atoms with Crippen LogP contribution < -0.4 is 0 Å². The average molecular weight is 767 g/mol. The quantitative estimate of drug-likeness (QED) is 0.0268. The molecule has 0 aromatic carbocycles. The van der Waals surface area contributed by atoms with Crippen LogP contribution in [0.5, 0.6) is 0 Å².